The number of aliphatic carboxylic acids is 1. The summed E-state index contributed by atoms with van der Waals surface area (Å²) in [6, 6.07) is 15.6. The van der Waals surface area contributed by atoms with Gasteiger partial charge >= 0.3 is 5.97 Å². The number of aliphatic imine (C=N–C) groups is 1. The summed E-state index contributed by atoms with van der Waals surface area (Å²) in [6.45, 7) is 9.02. The van der Waals surface area contributed by atoms with Crippen molar-refractivity contribution in [2.75, 3.05) is 39.3 Å². The van der Waals surface area contributed by atoms with Crippen LogP contribution in [-0.2, 0) is 4.79 Å². The van der Waals surface area contributed by atoms with Gasteiger partial charge in [0.1, 0.15) is 11.6 Å². The molecule has 1 heterocycles. The summed E-state index contributed by atoms with van der Waals surface area (Å²) < 4.78 is 0. The van der Waals surface area contributed by atoms with Gasteiger partial charge in [-0.15, -0.1) is 6.58 Å². The summed E-state index contributed by atoms with van der Waals surface area (Å²) in [4.78, 5) is 20.0. The number of hydrazine groups is 1. The zero-order chi connectivity index (χ0) is 24.3. The van der Waals surface area contributed by atoms with Crippen molar-refractivity contribution >= 4 is 11.8 Å². The molecule has 2 aromatic rings. The van der Waals surface area contributed by atoms with Crippen LogP contribution in [0.3, 0.4) is 0 Å². The molecule has 3 rings (SSSR count). The summed E-state index contributed by atoms with van der Waals surface area (Å²) in [5.41, 5.74) is 5.71. The van der Waals surface area contributed by atoms with E-state index in [-0.39, 0.29) is 18.2 Å². The maximum absolute atomic E-state index is 10.6. The van der Waals surface area contributed by atoms with Crippen molar-refractivity contribution in [1.82, 2.24) is 15.2 Å². The number of phenolic OH excluding ortho intramolecular Hbond substituents is 1. The molecule has 1 atom stereocenters. The molecule has 0 bridgehead atoms. The van der Waals surface area contributed by atoms with Crippen LogP contribution < -0.4 is 11.3 Å². The highest BCUT2D eigenvalue weighted by Gasteiger charge is 2.26. The molecule has 0 aromatic heterocycles. The van der Waals surface area contributed by atoms with E-state index in [2.05, 4.69) is 45.0 Å². The van der Waals surface area contributed by atoms with Gasteiger partial charge in [0.05, 0.1) is 6.04 Å². The van der Waals surface area contributed by atoms with E-state index >= 15 is 0 Å². The molecule has 182 valence electrons. The first-order chi connectivity index (χ1) is 16.5. The SMILES string of the molecule is C=CCN1CCN(C(c2ccc(C(=NCCCCC(=O)O)NN)cc2)c2cccc(O)c2)CC1. The Hall–Kier alpha value is -3.20. The minimum Gasteiger partial charge on any atom is -0.508 e. The Bertz CT molecular complexity index is 969. The van der Waals surface area contributed by atoms with Gasteiger partial charge in [0.15, 0.2) is 0 Å². The number of carbonyl (C=O) groups is 1. The quantitative estimate of drug-likeness (QED) is 0.101. The molecule has 8 heteroatoms. The molecule has 0 saturated carbocycles. The van der Waals surface area contributed by atoms with Crippen LogP contribution in [0.5, 0.6) is 5.75 Å². The Kier molecular flexibility index (Phi) is 9.63. The van der Waals surface area contributed by atoms with Gasteiger partial charge in [-0.05, 0) is 36.1 Å². The third-order valence-electron chi connectivity index (χ3n) is 6.05. The van der Waals surface area contributed by atoms with Crippen LogP contribution in [-0.4, -0.2) is 71.1 Å². The number of phenols is 1. The number of hydrogen-bond acceptors (Lipinski definition) is 6. The predicted octanol–water partition coefficient (Wildman–Crippen LogP) is 2.75. The number of carboxylic acids is 1. The van der Waals surface area contributed by atoms with E-state index in [1.807, 2.05) is 30.3 Å². The van der Waals surface area contributed by atoms with E-state index < -0.39 is 5.97 Å². The topological polar surface area (TPSA) is 114 Å². The predicted molar refractivity (Wildman–Crippen MR) is 135 cm³/mol. The number of unbranched alkanes of at least 4 members (excludes halogenated alkanes) is 1. The second-order valence-corrected chi connectivity index (χ2v) is 8.47. The summed E-state index contributed by atoms with van der Waals surface area (Å²) in [5.74, 6) is 5.75. The number of piperazine rings is 1. The number of rotatable bonds is 11. The molecule has 1 aliphatic heterocycles. The lowest BCUT2D eigenvalue weighted by molar-refractivity contribution is -0.137. The fraction of sp³-hybridized carbons (Fsp3) is 0.385. The van der Waals surface area contributed by atoms with Crippen molar-refractivity contribution in [1.29, 1.82) is 0 Å². The van der Waals surface area contributed by atoms with Crippen LogP contribution in [0.25, 0.3) is 0 Å². The highest BCUT2D eigenvalue weighted by atomic mass is 16.4. The first-order valence-corrected chi connectivity index (χ1v) is 11.7. The Balaban J connectivity index is 1.77. The van der Waals surface area contributed by atoms with E-state index in [0.717, 1.165) is 49.4 Å². The van der Waals surface area contributed by atoms with Gasteiger partial charge in [-0.3, -0.25) is 19.6 Å². The van der Waals surface area contributed by atoms with E-state index in [1.165, 1.54) is 0 Å². The molecule has 0 aliphatic carbocycles. The molecular formula is C26H35N5O3. The molecule has 34 heavy (non-hydrogen) atoms. The van der Waals surface area contributed by atoms with Gasteiger partial charge in [0.2, 0.25) is 0 Å². The Labute approximate surface area is 201 Å². The normalized spacial score (nSPS) is 16.2. The van der Waals surface area contributed by atoms with Crippen LogP contribution in [0.4, 0.5) is 0 Å². The molecule has 0 amide bonds. The smallest absolute Gasteiger partial charge is 0.303 e. The number of nitrogens with one attached hydrogen (secondary N) is 1. The number of nitrogens with two attached hydrogens (primary N) is 1. The van der Waals surface area contributed by atoms with E-state index in [1.54, 1.807) is 6.07 Å². The number of hydrogen-bond donors (Lipinski definition) is 4. The fourth-order valence-corrected chi connectivity index (χ4v) is 4.32. The average molecular weight is 466 g/mol. The Morgan fingerprint density at radius 3 is 2.47 bits per heavy atom. The minimum atomic E-state index is -0.792. The van der Waals surface area contributed by atoms with Crippen LogP contribution >= 0.6 is 0 Å². The average Bonchev–Trinajstić information content (AvgIpc) is 2.83. The maximum Gasteiger partial charge on any atom is 0.303 e. The number of carboxylic acid groups (broad SMARTS) is 1. The van der Waals surface area contributed by atoms with Gasteiger partial charge < -0.3 is 15.6 Å². The minimum absolute atomic E-state index is 0.0225. The monoisotopic (exact) mass is 465 g/mol. The molecule has 0 spiro atoms. The standard InChI is InChI=1S/C26H35N5O3/c1-2-14-30-15-17-31(18-16-30)25(22-6-5-7-23(32)19-22)20-9-11-21(12-10-20)26(29-27)28-13-4-3-8-24(33)34/h2,5-7,9-12,19,25,32H,1,3-4,8,13-18,27H2,(H,28,29)(H,33,34). The lowest BCUT2D eigenvalue weighted by atomic mass is 9.95. The number of benzene rings is 2. The molecule has 5 N–H and O–H groups in total. The third kappa shape index (κ3) is 7.15. The van der Waals surface area contributed by atoms with Crippen LogP contribution in [0.1, 0.15) is 42.0 Å². The summed E-state index contributed by atoms with van der Waals surface area (Å²) in [7, 11) is 0. The first kappa shape index (κ1) is 25.4. The lowest BCUT2D eigenvalue weighted by Crippen LogP contribution is -2.47. The number of nitrogens with zero attached hydrogens (tertiary/aromatic N) is 3. The van der Waals surface area contributed by atoms with Crippen LogP contribution in [0, 0.1) is 0 Å². The second-order valence-electron chi connectivity index (χ2n) is 8.47. The largest absolute Gasteiger partial charge is 0.508 e. The summed E-state index contributed by atoms with van der Waals surface area (Å²) in [5, 5.41) is 18.9. The maximum atomic E-state index is 10.6. The molecule has 1 aliphatic rings. The lowest BCUT2D eigenvalue weighted by Gasteiger charge is -2.39. The van der Waals surface area contributed by atoms with E-state index in [9.17, 15) is 9.90 Å². The molecular weight excluding hydrogens is 430 g/mol. The zero-order valence-corrected chi connectivity index (χ0v) is 19.6. The molecule has 8 nitrogen and oxygen atoms in total. The summed E-state index contributed by atoms with van der Waals surface area (Å²) in [6.07, 6.45) is 3.36. The molecule has 1 saturated heterocycles. The van der Waals surface area contributed by atoms with Crippen LogP contribution in [0.15, 0.2) is 66.2 Å². The highest BCUT2D eigenvalue weighted by molar-refractivity contribution is 5.98. The third-order valence-corrected chi connectivity index (χ3v) is 6.05. The molecule has 0 radical (unpaired) electrons. The van der Waals surface area contributed by atoms with Crippen molar-refractivity contribution in [3.8, 4) is 5.75 Å². The first-order valence-electron chi connectivity index (χ1n) is 11.7. The van der Waals surface area contributed by atoms with Crippen molar-refractivity contribution < 1.29 is 15.0 Å². The van der Waals surface area contributed by atoms with Gasteiger partial charge in [-0.2, -0.15) is 0 Å². The second kappa shape index (κ2) is 12.9. The molecule has 1 fully saturated rings. The van der Waals surface area contributed by atoms with Gasteiger partial charge in [0.25, 0.3) is 0 Å². The van der Waals surface area contributed by atoms with Crippen molar-refractivity contribution in [2.45, 2.75) is 25.3 Å². The number of aromatic hydroxyl groups is 1. The van der Waals surface area contributed by atoms with Crippen molar-refractivity contribution in [3.63, 3.8) is 0 Å². The molecule has 2 aromatic carbocycles. The number of amidine groups is 1. The summed E-state index contributed by atoms with van der Waals surface area (Å²) >= 11 is 0. The van der Waals surface area contributed by atoms with E-state index in [0.29, 0.717) is 25.2 Å². The highest BCUT2D eigenvalue weighted by Crippen LogP contribution is 2.31. The van der Waals surface area contributed by atoms with Gasteiger partial charge in [-0.25, -0.2) is 5.84 Å². The Morgan fingerprint density at radius 1 is 1.12 bits per heavy atom. The molecule has 1 unspecified atom stereocenters. The van der Waals surface area contributed by atoms with Crippen molar-refractivity contribution in [2.24, 2.45) is 10.8 Å². The fourth-order valence-electron chi connectivity index (χ4n) is 4.32. The van der Waals surface area contributed by atoms with Gasteiger partial charge in [-0.1, -0.05) is 42.5 Å². The van der Waals surface area contributed by atoms with Crippen LogP contribution in [0.2, 0.25) is 0 Å². The van der Waals surface area contributed by atoms with Gasteiger partial charge in [0, 0.05) is 51.3 Å². The van der Waals surface area contributed by atoms with Crippen molar-refractivity contribution in [3.05, 3.63) is 77.9 Å². The zero-order valence-electron chi connectivity index (χ0n) is 19.6. The van der Waals surface area contributed by atoms with E-state index in [4.69, 9.17) is 10.9 Å². The Morgan fingerprint density at radius 2 is 1.85 bits per heavy atom.